The zero-order valence-corrected chi connectivity index (χ0v) is 17.9. The van der Waals surface area contributed by atoms with Gasteiger partial charge in [0.1, 0.15) is 0 Å². The smallest absolute Gasteiger partial charge is 0.255 e. The van der Waals surface area contributed by atoms with Crippen molar-refractivity contribution in [1.82, 2.24) is 9.88 Å². The van der Waals surface area contributed by atoms with Crippen molar-refractivity contribution in [1.29, 1.82) is 0 Å². The number of rotatable bonds is 7. The van der Waals surface area contributed by atoms with E-state index in [0.717, 1.165) is 5.56 Å². The van der Waals surface area contributed by atoms with Crippen LogP contribution in [0.4, 0.5) is 11.4 Å². The molecule has 9 heteroatoms. The number of anilines is 1. The average molecular weight is 457 g/mol. The second-order valence-electron chi connectivity index (χ2n) is 6.57. The Kier molecular flexibility index (Phi) is 7.23. The van der Waals surface area contributed by atoms with E-state index >= 15 is 0 Å². The lowest BCUT2D eigenvalue weighted by Crippen LogP contribution is -2.19. The largest absolute Gasteiger partial charge is 0.505 e. The molecular weight excluding hydrogens is 439 g/mol. The van der Waals surface area contributed by atoms with Gasteiger partial charge >= 0.3 is 0 Å². The Balaban J connectivity index is 1.77. The molecule has 0 atom stereocenters. The predicted octanol–water partition coefficient (Wildman–Crippen LogP) is 4.97. The molecule has 0 aliphatic carbocycles. The van der Waals surface area contributed by atoms with E-state index in [1.807, 2.05) is 12.1 Å². The monoisotopic (exact) mass is 456 g/mol. The van der Waals surface area contributed by atoms with E-state index in [1.165, 1.54) is 23.4 Å². The van der Waals surface area contributed by atoms with Gasteiger partial charge in [0.2, 0.25) is 6.41 Å². The van der Waals surface area contributed by atoms with Crippen LogP contribution >= 0.6 is 23.2 Å². The summed E-state index contributed by atoms with van der Waals surface area (Å²) in [6.07, 6.45) is 5.42. The second kappa shape index (κ2) is 10.1. The fraction of sp³-hybridized carbons (Fsp3) is 0.0909. The van der Waals surface area contributed by atoms with Crippen LogP contribution in [0.2, 0.25) is 10.0 Å². The van der Waals surface area contributed by atoms with Crippen molar-refractivity contribution in [2.24, 2.45) is 4.99 Å². The molecule has 3 rings (SSSR count). The molecule has 1 heterocycles. The van der Waals surface area contributed by atoms with Crippen molar-refractivity contribution < 1.29 is 14.7 Å². The van der Waals surface area contributed by atoms with Gasteiger partial charge in [0.25, 0.3) is 5.91 Å². The Bertz CT molecular complexity index is 1110. The molecule has 31 heavy (non-hydrogen) atoms. The van der Waals surface area contributed by atoms with Crippen LogP contribution in [-0.4, -0.2) is 33.6 Å². The number of aliphatic imine (C=N–C) groups is 1. The number of amides is 2. The molecule has 0 spiro atoms. The summed E-state index contributed by atoms with van der Waals surface area (Å²) in [5.74, 6) is -0.723. The Hall–Kier alpha value is -3.42. The number of nitrogens with one attached hydrogen (secondary N) is 1. The van der Waals surface area contributed by atoms with Crippen LogP contribution in [0.25, 0.3) is 0 Å². The van der Waals surface area contributed by atoms with Crippen molar-refractivity contribution in [2.75, 3.05) is 5.32 Å². The number of carbonyl (C=O) groups excluding carboxylic acids is 2. The molecule has 1 aromatic heterocycles. The average Bonchev–Trinajstić information content (AvgIpc) is 2.77. The van der Waals surface area contributed by atoms with Gasteiger partial charge in [-0.1, -0.05) is 29.3 Å². The van der Waals surface area contributed by atoms with E-state index in [1.54, 1.807) is 37.5 Å². The fourth-order valence-electron chi connectivity index (χ4n) is 2.73. The number of pyridine rings is 1. The van der Waals surface area contributed by atoms with Crippen molar-refractivity contribution in [3.05, 3.63) is 81.6 Å². The molecule has 158 valence electrons. The third-order valence-electron chi connectivity index (χ3n) is 4.43. The number of aromatic nitrogens is 1. The minimum Gasteiger partial charge on any atom is -0.505 e. The highest BCUT2D eigenvalue weighted by Crippen LogP contribution is 2.33. The van der Waals surface area contributed by atoms with Crippen molar-refractivity contribution in [3.8, 4) is 5.75 Å². The molecule has 2 amide bonds. The molecule has 2 N–H and O–H groups in total. The van der Waals surface area contributed by atoms with Gasteiger partial charge in [0.15, 0.2) is 5.75 Å². The molecule has 0 bridgehead atoms. The summed E-state index contributed by atoms with van der Waals surface area (Å²) in [5, 5.41) is 12.4. The number of phenolic OH excluding ortho intramolecular Hbond substituents is 1. The number of nitrogens with zero attached hydrogens (tertiary/aromatic N) is 3. The standard InChI is InChI=1S/C22H18Cl2N4O3/c1-14-19(26-12-28(13-29)11-15-5-7-25-8-6-15)3-2-4-20(14)27-22(31)16-9-17(23)21(30)18(24)10-16/h2-10,12-13,30H,11H2,1H3,(H,27,31)/b26-12-. The molecule has 0 radical (unpaired) electrons. The highest BCUT2D eigenvalue weighted by atomic mass is 35.5. The van der Waals surface area contributed by atoms with E-state index < -0.39 is 5.91 Å². The first-order valence-corrected chi connectivity index (χ1v) is 9.87. The first-order chi connectivity index (χ1) is 14.9. The quantitative estimate of drug-likeness (QED) is 0.298. The molecule has 0 saturated heterocycles. The molecule has 0 aliphatic heterocycles. The van der Waals surface area contributed by atoms with E-state index in [0.29, 0.717) is 29.9 Å². The normalized spacial score (nSPS) is 10.8. The zero-order chi connectivity index (χ0) is 22.4. The van der Waals surface area contributed by atoms with Crippen LogP contribution in [0.3, 0.4) is 0 Å². The number of hydrogen-bond donors (Lipinski definition) is 2. The van der Waals surface area contributed by atoms with Crippen LogP contribution in [0.5, 0.6) is 5.75 Å². The van der Waals surface area contributed by atoms with Gasteiger partial charge in [0, 0.05) is 23.6 Å². The molecule has 7 nitrogen and oxygen atoms in total. The minimum absolute atomic E-state index is 0.0177. The van der Waals surface area contributed by atoms with Crippen LogP contribution in [0, 0.1) is 6.92 Å². The van der Waals surface area contributed by atoms with E-state index in [-0.39, 0.29) is 21.4 Å². The third kappa shape index (κ3) is 5.59. The van der Waals surface area contributed by atoms with Crippen molar-refractivity contribution in [2.45, 2.75) is 13.5 Å². The van der Waals surface area contributed by atoms with Gasteiger partial charge in [-0.15, -0.1) is 0 Å². The maximum absolute atomic E-state index is 12.6. The highest BCUT2D eigenvalue weighted by Gasteiger charge is 2.14. The Morgan fingerprint density at radius 1 is 1.19 bits per heavy atom. The number of carbonyl (C=O) groups is 2. The number of benzene rings is 2. The summed E-state index contributed by atoms with van der Waals surface area (Å²) < 4.78 is 0. The topological polar surface area (TPSA) is 94.9 Å². The summed E-state index contributed by atoms with van der Waals surface area (Å²) in [6.45, 7) is 2.15. The summed E-state index contributed by atoms with van der Waals surface area (Å²) in [4.78, 5) is 33.7. The van der Waals surface area contributed by atoms with Gasteiger partial charge in [0.05, 0.1) is 28.6 Å². The number of phenols is 1. The van der Waals surface area contributed by atoms with Crippen LogP contribution < -0.4 is 5.32 Å². The van der Waals surface area contributed by atoms with E-state index in [4.69, 9.17) is 23.2 Å². The first kappa shape index (κ1) is 22.3. The predicted molar refractivity (Wildman–Crippen MR) is 121 cm³/mol. The number of hydrogen-bond acceptors (Lipinski definition) is 5. The van der Waals surface area contributed by atoms with Gasteiger partial charge in [-0.2, -0.15) is 0 Å². The van der Waals surface area contributed by atoms with Crippen molar-refractivity contribution >= 4 is 53.2 Å². The zero-order valence-electron chi connectivity index (χ0n) is 16.4. The Morgan fingerprint density at radius 3 is 2.52 bits per heavy atom. The second-order valence-corrected chi connectivity index (χ2v) is 7.38. The summed E-state index contributed by atoms with van der Waals surface area (Å²) in [5.41, 5.74) is 2.94. The lowest BCUT2D eigenvalue weighted by molar-refractivity contribution is -0.115. The molecule has 3 aromatic rings. The lowest BCUT2D eigenvalue weighted by atomic mass is 10.1. The highest BCUT2D eigenvalue weighted by molar-refractivity contribution is 6.37. The number of halogens is 2. The van der Waals surface area contributed by atoms with E-state index in [2.05, 4.69) is 15.3 Å². The Labute approximate surface area is 189 Å². The van der Waals surface area contributed by atoms with Gasteiger partial charge in [-0.05, 0) is 54.4 Å². The van der Waals surface area contributed by atoms with Crippen LogP contribution in [0.15, 0.2) is 59.9 Å². The minimum atomic E-state index is -0.444. The maximum atomic E-state index is 12.6. The summed E-state index contributed by atoms with van der Waals surface area (Å²) >= 11 is 11.8. The van der Waals surface area contributed by atoms with Crippen LogP contribution in [-0.2, 0) is 11.3 Å². The SMILES string of the molecule is Cc1c(/N=C\N(C=O)Cc2ccncc2)cccc1NC(=O)c1cc(Cl)c(O)c(Cl)c1. The van der Waals surface area contributed by atoms with Crippen LogP contribution in [0.1, 0.15) is 21.5 Å². The molecule has 2 aromatic carbocycles. The maximum Gasteiger partial charge on any atom is 0.255 e. The van der Waals surface area contributed by atoms with Gasteiger partial charge < -0.3 is 15.3 Å². The molecule has 0 saturated carbocycles. The van der Waals surface area contributed by atoms with E-state index in [9.17, 15) is 14.7 Å². The summed E-state index contributed by atoms with van der Waals surface area (Å²) in [6, 6.07) is 11.5. The van der Waals surface area contributed by atoms with Crippen molar-refractivity contribution in [3.63, 3.8) is 0 Å². The first-order valence-electron chi connectivity index (χ1n) is 9.12. The molecule has 0 aliphatic rings. The molecule has 0 unspecified atom stereocenters. The lowest BCUT2D eigenvalue weighted by Gasteiger charge is -2.13. The number of aromatic hydroxyl groups is 1. The molecule has 0 fully saturated rings. The van der Waals surface area contributed by atoms with Gasteiger partial charge in [-0.25, -0.2) is 4.99 Å². The molecular formula is C22H18Cl2N4O3. The Morgan fingerprint density at radius 2 is 1.87 bits per heavy atom. The van der Waals surface area contributed by atoms with Gasteiger partial charge in [-0.3, -0.25) is 14.6 Å². The third-order valence-corrected chi connectivity index (χ3v) is 5.00. The summed E-state index contributed by atoms with van der Waals surface area (Å²) in [7, 11) is 0. The fourth-order valence-corrected chi connectivity index (χ4v) is 3.22.